The Kier molecular flexibility index (Phi) is 6.09. The highest BCUT2D eigenvalue weighted by Crippen LogP contribution is 2.33. The van der Waals surface area contributed by atoms with Crippen LogP contribution >= 0.6 is 0 Å². The number of carbonyl (C=O) groups excluding carboxylic acids is 1. The summed E-state index contributed by atoms with van der Waals surface area (Å²) in [6, 6.07) is 22.0. The van der Waals surface area contributed by atoms with E-state index in [0.29, 0.717) is 0 Å². The molecule has 0 saturated carbocycles. The van der Waals surface area contributed by atoms with Crippen molar-refractivity contribution in [2.45, 2.75) is 38.3 Å². The Morgan fingerprint density at radius 3 is 2.58 bits per heavy atom. The zero-order valence-corrected chi connectivity index (χ0v) is 17.4. The second kappa shape index (κ2) is 9.10. The average molecular weight is 415 g/mol. The number of hydrogen-bond donors (Lipinski definition) is 2. The van der Waals surface area contributed by atoms with Crippen molar-refractivity contribution in [3.8, 4) is 0 Å². The maximum absolute atomic E-state index is 13.4. The fourth-order valence-corrected chi connectivity index (χ4v) is 4.20. The van der Waals surface area contributed by atoms with Crippen molar-refractivity contribution in [3.63, 3.8) is 0 Å². The van der Waals surface area contributed by atoms with E-state index in [0.717, 1.165) is 30.4 Å². The average Bonchev–Trinajstić information content (AvgIpc) is 2.79. The van der Waals surface area contributed by atoms with Crippen molar-refractivity contribution in [3.05, 3.63) is 105 Å². The van der Waals surface area contributed by atoms with Crippen molar-refractivity contribution in [2.24, 2.45) is 0 Å². The standard InChI is InChI=1S/C25H25N3O3/c1-17-14-15-22(23(16-17)28(30)31)27-25(29)24(19-9-3-2-4-10-19)26-21-13-7-11-18-8-5-6-12-20(18)21/h2-6,8-10,12,14-16,21,24,26H,7,11,13H2,1H3,(H,27,29)/t21-,24-/m0/s1. The third kappa shape index (κ3) is 4.64. The topological polar surface area (TPSA) is 84.3 Å². The number of nitrogens with one attached hydrogen (secondary N) is 2. The lowest BCUT2D eigenvalue weighted by atomic mass is 9.87. The summed E-state index contributed by atoms with van der Waals surface area (Å²) in [6.45, 7) is 1.79. The van der Waals surface area contributed by atoms with Crippen LogP contribution in [0.2, 0.25) is 0 Å². The van der Waals surface area contributed by atoms with E-state index >= 15 is 0 Å². The fourth-order valence-electron chi connectivity index (χ4n) is 4.20. The summed E-state index contributed by atoms with van der Waals surface area (Å²) in [4.78, 5) is 24.4. The number of aryl methyl sites for hydroxylation is 2. The van der Waals surface area contributed by atoms with E-state index in [4.69, 9.17) is 0 Å². The molecule has 3 aromatic carbocycles. The molecule has 4 rings (SSSR count). The number of carbonyl (C=O) groups is 1. The van der Waals surface area contributed by atoms with Crippen LogP contribution in [0, 0.1) is 17.0 Å². The first-order valence-corrected chi connectivity index (χ1v) is 10.5. The second-order valence-corrected chi connectivity index (χ2v) is 7.92. The molecule has 1 aliphatic rings. The lowest BCUT2D eigenvalue weighted by molar-refractivity contribution is -0.384. The minimum absolute atomic E-state index is 0.0360. The van der Waals surface area contributed by atoms with Gasteiger partial charge in [0.15, 0.2) is 0 Å². The predicted molar refractivity (Wildman–Crippen MR) is 121 cm³/mol. The Morgan fingerprint density at radius 1 is 1.06 bits per heavy atom. The highest BCUT2D eigenvalue weighted by molar-refractivity contribution is 5.97. The summed E-state index contributed by atoms with van der Waals surface area (Å²) in [5.41, 5.74) is 4.19. The molecule has 3 aromatic rings. The van der Waals surface area contributed by atoms with Gasteiger partial charge in [0.1, 0.15) is 11.7 Å². The normalized spacial score (nSPS) is 16.2. The maximum atomic E-state index is 13.4. The molecule has 2 N–H and O–H groups in total. The number of nitrogens with zero attached hydrogens (tertiary/aromatic N) is 1. The molecule has 6 heteroatoms. The highest BCUT2D eigenvalue weighted by Gasteiger charge is 2.28. The van der Waals surface area contributed by atoms with Gasteiger partial charge in [-0.05, 0) is 54.5 Å². The van der Waals surface area contributed by atoms with Crippen molar-refractivity contribution >= 4 is 17.3 Å². The van der Waals surface area contributed by atoms with E-state index in [2.05, 4.69) is 22.8 Å². The van der Waals surface area contributed by atoms with E-state index in [1.807, 2.05) is 42.5 Å². The van der Waals surface area contributed by atoms with Crippen LogP contribution in [-0.2, 0) is 11.2 Å². The zero-order valence-electron chi connectivity index (χ0n) is 17.4. The van der Waals surface area contributed by atoms with Gasteiger partial charge in [-0.3, -0.25) is 20.2 Å². The smallest absolute Gasteiger partial charge is 0.293 e. The van der Waals surface area contributed by atoms with E-state index in [9.17, 15) is 14.9 Å². The van der Waals surface area contributed by atoms with Gasteiger partial charge >= 0.3 is 0 Å². The Balaban J connectivity index is 1.64. The van der Waals surface area contributed by atoms with Crippen LogP contribution in [0.3, 0.4) is 0 Å². The van der Waals surface area contributed by atoms with Gasteiger partial charge in [0.25, 0.3) is 5.69 Å². The number of anilines is 1. The molecule has 0 heterocycles. The van der Waals surface area contributed by atoms with Crippen LogP contribution in [0.25, 0.3) is 0 Å². The van der Waals surface area contributed by atoms with Crippen LogP contribution in [0.4, 0.5) is 11.4 Å². The van der Waals surface area contributed by atoms with Crippen LogP contribution in [0.5, 0.6) is 0 Å². The lowest BCUT2D eigenvalue weighted by Gasteiger charge is -2.30. The third-order valence-corrected chi connectivity index (χ3v) is 5.74. The minimum Gasteiger partial charge on any atom is -0.319 e. The predicted octanol–water partition coefficient (Wildman–Crippen LogP) is 5.25. The first kappa shape index (κ1) is 20.8. The summed E-state index contributed by atoms with van der Waals surface area (Å²) in [5, 5.41) is 17.8. The largest absolute Gasteiger partial charge is 0.319 e. The molecule has 31 heavy (non-hydrogen) atoms. The molecular formula is C25H25N3O3. The summed E-state index contributed by atoms with van der Waals surface area (Å²) in [6.07, 6.45) is 3.01. The Bertz CT molecular complexity index is 1100. The molecule has 0 saturated heterocycles. The van der Waals surface area contributed by atoms with Gasteiger partial charge in [-0.1, -0.05) is 60.7 Å². The first-order chi connectivity index (χ1) is 15.0. The Hall–Kier alpha value is -3.51. The van der Waals surface area contributed by atoms with E-state index in [1.54, 1.807) is 19.1 Å². The van der Waals surface area contributed by atoms with Crippen molar-refractivity contribution in [1.82, 2.24) is 5.32 Å². The van der Waals surface area contributed by atoms with Crippen LogP contribution in [0.1, 0.15) is 47.2 Å². The number of nitro benzene ring substituents is 1. The Labute approximate surface area is 181 Å². The monoisotopic (exact) mass is 415 g/mol. The van der Waals surface area contributed by atoms with E-state index < -0.39 is 11.0 Å². The molecule has 2 atom stereocenters. The summed E-state index contributed by atoms with van der Waals surface area (Å²) in [5.74, 6) is -0.318. The molecule has 0 unspecified atom stereocenters. The molecule has 1 amide bonds. The van der Waals surface area contributed by atoms with Gasteiger partial charge in [0, 0.05) is 12.1 Å². The number of nitro groups is 1. The SMILES string of the molecule is Cc1ccc(NC(=O)[C@@H](N[C@H]2CCCc3ccccc32)c2ccccc2)c([N+](=O)[O-])c1. The first-order valence-electron chi connectivity index (χ1n) is 10.5. The zero-order chi connectivity index (χ0) is 21.8. The molecule has 0 bridgehead atoms. The van der Waals surface area contributed by atoms with Gasteiger partial charge in [-0.2, -0.15) is 0 Å². The summed E-state index contributed by atoms with van der Waals surface area (Å²) >= 11 is 0. The molecule has 0 aromatic heterocycles. The van der Waals surface area contributed by atoms with E-state index in [-0.39, 0.29) is 23.3 Å². The van der Waals surface area contributed by atoms with Gasteiger partial charge in [-0.15, -0.1) is 0 Å². The third-order valence-electron chi connectivity index (χ3n) is 5.74. The number of rotatable bonds is 6. The molecule has 1 aliphatic carbocycles. The highest BCUT2D eigenvalue weighted by atomic mass is 16.6. The van der Waals surface area contributed by atoms with Crippen molar-refractivity contribution in [1.29, 1.82) is 0 Å². The van der Waals surface area contributed by atoms with Gasteiger partial charge in [0.05, 0.1) is 4.92 Å². The number of benzene rings is 3. The fraction of sp³-hybridized carbons (Fsp3) is 0.240. The molecule has 0 radical (unpaired) electrons. The summed E-state index contributed by atoms with van der Waals surface area (Å²) in [7, 11) is 0. The van der Waals surface area contributed by atoms with Crippen LogP contribution < -0.4 is 10.6 Å². The molecule has 158 valence electrons. The summed E-state index contributed by atoms with van der Waals surface area (Å²) < 4.78 is 0. The molecule has 0 spiro atoms. The van der Waals surface area contributed by atoms with Gasteiger partial charge in [0.2, 0.25) is 5.91 Å². The van der Waals surface area contributed by atoms with Crippen molar-refractivity contribution < 1.29 is 9.72 Å². The molecular weight excluding hydrogens is 390 g/mol. The second-order valence-electron chi connectivity index (χ2n) is 7.92. The maximum Gasteiger partial charge on any atom is 0.293 e. The number of hydrogen-bond acceptors (Lipinski definition) is 4. The Morgan fingerprint density at radius 2 is 1.81 bits per heavy atom. The molecule has 0 aliphatic heterocycles. The van der Waals surface area contributed by atoms with E-state index in [1.165, 1.54) is 17.2 Å². The number of amides is 1. The van der Waals surface area contributed by atoms with Gasteiger partial charge in [-0.25, -0.2) is 0 Å². The molecule has 6 nitrogen and oxygen atoms in total. The van der Waals surface area contributed by atoms with Crippen LogP contribution in [-0.4, -0.2) is 10.8 Å². The minimum atomic E-state index is -0.640. The van der Waals surface area contributed by atoms with Crippen molar-refractivity contribution in [2.75, 3.05) is 5.32 Å². The van der Waals surface area contributed by atoms with Gasteiger partial charge < -0.3 is 5.32 Å². The van der Waals surface area contributed by atoms with Crippen LogP contribution in [0.15, 0.2) is 72.8 Å². The lowest BCUT2D eigenvalue weighted by Crippen LogP contribution is -2.37. The quantitative estimate of drug-likeness (QED) is 0.425. The number of fused-ring (bicyclic) bond motifs is 1. The molecule has 0 fully saturated rings.